The molecule has 2 atom stereocenters. The summed E-state index contributed by atoms with van der Waals surface area (Å²) >= 11 is 0. The third-order valence-electron chi connectivity index (χ3n) is 17.5. The highest BCUT2D eigenvalue weighted by atomic mass is 16.5. The van der Waals surface area contributed by atoms with Crippen LogP contribution in [0.5, 0.6) is 0 Å². The highest BCUT2D eigenvalue weighted by molar-refractivity contribution is 5.78. The molecule has 0 amide bonds. The molecular formula is C73H148N4O5. The Bertz CT molecular complexity index is 1150. The van der Waals surface area contributed by atoms with Crippen molar-refractivity contribution in [2.24, 2.45) is 0 Å². The number of unbranched alkanes of at least 4 members (excludes halogenated alkanes) is 46. The van der Waals surface area contributed by atoms with E-state index in [0.29, 0.717) is 70.9 Å². The molecule has 2 unspecified atom stereocenters. The lowest BCUT2D eigenvalue weighted by molar-refractivity contribution is -0.143. The van der Waals surface area contributed by atoms with E-state index in [2.05, 4.69) is 48.1 Å². The van der Waals surface area contributed by atoms with E-state index in [0.717, 1.165) is 64.7 Å². The first-order valence-electron chi connectivity index (χ1n) is 37.3. The van der Waals surface area contributed by atoms with Gasteiger partial charge >= 0.3 is 5.97 Å². The third kappa shape index (κ3) is 64.9. The maximum absolute atomic E-state index is 12.7. The largest absolute Gasteiger partial charge is 0.466 e. The molecule has 0 heterocycles. The Morgan fingerprint density at radius 2 is 0.561 bits per heavy atom. The standard InChI is InChI=1S/C73H148N4O5/c1-5-9-13-17-21-25-29-33-34-38-42-46-50-56-70(78)57-59-74-66-71(79)68-76(61-51-47-43-39-35-30-26-22-18-14-10-6-2)63-53-54-64-77(62-52-48-44-40-36-31-27-23-19-15-11-7-3)69-72(80)67-75-60-58-73(81)82-65-55-49-45-41-37-32-28-24-20-16-12-8-4/h71-72,74-75,79-80H,5-69H2,1-4H3. The van der Waals surface area contributed by atoms with Crippen molar-refractivity contribution in [3.05, 3.63) is 0 Å². The van der Waals surface area contributed by atoms with Crippen LogP contribution in [-0.2, 0) is 14.3 Å². The van der Waals surface area contributed by atoms with Gasteiger partial charge in [-0.15, -0.1) is 0 Å². The SMILES string of the molecule is CCCCCCCCCCCCCCCC(=O)CCNCC(O)CN(CCCCCCCCCCCCCC)CCCCN(CCCCCCCCCCCCCC)CC(O)CNCCC(=O)OCCCCCCCCCCCCCC. The summed E-state index contributed by atoms with van der Waals surface area (Å²) in [7, 11) is 0. The Morgan fingerprint density at radius 1 is 0.317 bits per heavy atom. The first-order valence-corrected chi connectivity index (χ1v) is 37.3. The fourth-order valence-electron chi connectivity index (χ4n) is 12.0. The number of ketones is 1. The molecule has 9 heteroatoms. The number of ether oxygens (including phenoxy) is 1. The van der Waals surface area contributed by atoms with E-state index in [1.807, 2.05) is 0 Å². The van der Waals surface area contributed by atoms with Gasteiger partial charge in [0, 0.05) is 52.1 Å². The van der Waals surface area contributed by atoms with Crippen molar-refractivity contribution in [1.82, 2.24) is 20.4 Å². The Kier molecular flexibility index (Phi) is 68.1. The first kappa shape index (κ1) is 80.9. The van der Waals surface area contributed by atoms with Crippen LogP contribution < -0.4 is 10.6 Å². The molecule has 0 aromatic carbocycles. The molecule has 0 saturated heterocycles. The predicted octanol–water partition coefficient (Wildman–Crippen LogP) is 19.7. The summed E-state index contributed by atoms with van der Waals surface area (Å²) in [6, 6.07) is 0. The lowest BCUT2D eigenvalue weighted by atomic mass is 10.0. The normalized spacial score (nSPS) is 12.6. The van der Waals surface area contributed by atoms with Crippen LogP contribution in [-0.4, -0.2) is 116 Å². The number of Topliss-reactive ketones (excluding diaryl/α,β-unsaturated/α-hetero) is 1. The number of carbonyl (C=O) groups is 2. The van der Waals surface area contributed by atoms with Gasteiger partial charge in [-0.05, 0) is 64.7 Å². The number of aliphatic hydroxyl groups excluding tert-OH is 2. The molecule has 0 aliphatic heterocycles. The summed E-state index contributed by atoms with van der Waals surface area (Å²) in [6.07, 6.45) is 67.6. The highest BCUT2D eigenvalue weighted by Gasteiger charge is 2.15. The molecule has 0 aliphatic rings. The number of nitrogens with one attached hydrogen (secondary N) is 2. The average molecular weight is 1160 g/mol. The van der Waals surface area contributed by atoms with Crippen LogP contribution in [0.4, 0.5) is 0 Å². The van der Waals surface area contributed by atoms with Gasteiger partial charge in [-0.2, -0.15) is 0 Å². The minimum atomic E-state index is -0.492. The summed E-state index contributed by atoms with van der Waals surface area (Å²) in [5.74, 6) is 0.213. The van der Waals surface area contributed by atoms with E-state index in [-0.39, 0.29) is 5.97 Å². The fraction of sp³-hybridized carbons (Fsp3) is 0.973. The number of nitrogens with zero attached hydrogens (tertiary/aromatic N) is 2. The van der Waals surface area contributed by atoms with Crippen LogP contribution in [0.2, 0.25) is 0 Å². The number of carbonyl (C=O) groups excluding carboxylic acids is 2. The molecule has 0 aromatic rings. The van der Waals surface area contributed by atoms with E-state index in [4.69, 9.17) is 4.74 Å². The minimum absolute atomic E-state index is 0.141. The summed E-state index contributed by atoms with van der Waals surface area (Å²) < 4.78 is 5.55. The number of rotatable bonds is 72. The van der Waals surface area contributed by atoms with Crippen molar-refractivity contribution >= 4 is 11.8 Å². The van der Waals surface area contributed by atoms with Crippen molar-refractivity contribution in [3.63, 3.8) is 0 Å². The van der Waals surface area contributed by atoms with Crippen molar-refractivity contribution in [2.45, 2.75) is 387 Å². The summed E-state index contributed by atoms with van der Waals surface area (Å²) in [5.41, 5.74) is 0. The quantitative estimate of drug-likeness (QED) is 0.0349. The zero-order valence-corrected chi connectivity index (χ0v) is 56.1. The van der Waals surface area contributed by atoms with E-state index in [9.17, 15) is 19.8 Å². The summed E-state index contributed by atoms with van der Waals surface area (Å²) in [5, 5.41) is 29.3. The monoisotopic (exact) mass is 1160 g/mol. The van der Waals surface area contributed by atoms with Crippen molar-refractivity contribution in [2.75, 3.05) is 72.1 Å². The van der Waals surface area contributed by atoms with E-state index < -0.39 is 12.2 Å². The topological polar surface area (TPSA) is 114 Å². The average Bonchev–Trinajstić information content (AvgIpc) is 3.47. The number of esters is 1. The van der Waals surface area contributed by atoms with Gasteiger partial charge in [0.15, 0.2) is 0 Å². The molecule has 0 spiro atoms. The van der Waals surface area contributed by atoms with Crippen molar-refractivity contribution < 1.29 is 24.5 Å². The smallest absolute Gasteiger partial charge is 0.307 e. The molecule has 0 bridgehead atoms. The molecule has 0 rings (SSSR count). The second-order valence-corrected chi connectivity index (χ2v) is 25.9. The molecular weight excluding hydrogens is 1010 g/mol. The van der Waals surface area contributed by atoms with Crippen LogP contribution >= 0.6 is 0 Å². The fourth-order valence-corrected chi connectivity index (χ4v) is 12.0. The Labute approximate surface area is 513 Å². The molecule has 0 saturated carbocycles. The van der Waals surface area contributed by atoms with Crippen molar-refractivity contribution in [3.8, 4) is 0 Å². The van der Waals surface area contributed by atoms with Crippen LogP contribution in [0.15, 0.2) is 0 Å². The lowest BCUT2D eigenvalue weighted by Gasteiger charge is -2.27. The molecule has 0 fully saturated rings. The maximum Gasteiger partial charge on any atom is 0.307 e. The second-order valence-electron chi connectivity index (χ2n) is 25.9. The number of hydrogen-bond donors (Lipinski definition) is 4. The van der Waals surface area contributed by atoms with Crippen LogP contribution in [0.3, 0.4) is 0 Å². The van der Waals surface area contributed by atoms with Gasteiger partial charge in [0.25, 0.3) is 0 Å². The molecule has 4 N–H and O–H groups in total. The number of hydrogen-bond acceptors (Lipinski definition) is 9. The van der Waals surface area contributed by atoms with Crippen LogP contribution in [0.25, 0.3) is 0 Å². The highest BCUT2D eigenvalue weighted by Crippen LogP contribution is 2.17. The lowest BCUT2D eigenvalue weighted by Crippen LogP contribution is -2.41. The van der Waals surface area contributed by atoms with Gasteiger partial charge in [0.05, 0.1) is 25.2 Å². The summed E-state index contributed by atoms with van der Waals surface area (Å²) in [4.78, 5) is 30.2. The van der Waals surface area contributed by atoms with Gasteiger partial charge in [-0.3, -0.25) is 9.59 Å². The second kappa shape index (κ2) is 69.0. The van der Waals surface area contributed by atoms with Gasteiger partial charge in [-0.1, -0.05) is 317 Å². The van der Waals surface area contributed by atoms with Gasteiger partial charge in [0.1, 0.15) is 5.78 Å². The number of aliphatic hydroxyl groups is 2. The van der Waals surface area contributed by atoms with E-state index >= 15 is 0 Å². The van der Waals surface area contributed by atoms with Gasteiger partial charge in [0.2, 0.25) is 0 Å². The molecule has 0 radical (unpaired) electrons. The van der Waals surface area contributed by atoms with Gasteiger partial charge in [-0.25, -0.2) is 0 Å². The Morgan fingerprint density at radius 3 is 0.866 bits per heavy atom. The molecule has 9 nitrogen and oxygen atoms in total. The third-order valence-corrected chi connectivity index (χ3v) is 17.5. The predicted molar refractivity (Wildman–Crippen MR) is 359 cm³/mol. The zero-order valence-electron chi connectivity index (χ0n) is 56.1. The Hall–Kier alpha value is -1.10. The Balaban J connectivity index is 4.97. The molecule has 0 aliphatic carbocycles. The summed E-state index contributed by atoms with van der Waals surface area (Å²) in [6.45, 7) is 17.1. The zero-order chi connectivity index (χ0) is 59.5. The maximum atomic E-state index is 12.7. The molecule has 82 heavy (non-hydrogen) atoms. The molecule has 0 aromatic heterocycles. The van der Waals surface area contributed by atoms with Gasteiger partial charge < -0.3 is 35.4 Å². The van der Waals surface area contributed by atoms with Crippen LogP contribution in [0.1, 0.15) is 374 Å². The van der Waals surface area contributed by atoms with E-state index in [1.165, 1.54) is 289 Å². The van der Waals surface area contributed by atoms with Crippen molar-refractivity contribution in [1.29, 1.82) is 0 Å². The molecule has 490 valence electrons. The van der Waals surface area contributed by atoms with E-state index in [1.54, 1.807) is 0 Å². The first-order chi connectivity index (χ1) is 40.4. The minimum Gasteiger partial charge on any atom is -0.466 e. The van der Waals surface area contributed by atoms with Crippen LogP contribution in [0, 0.1) is 0 Å².